The van der Waals surface area contributed by atoms with Crippen LogP contribution in [0.25, 0.3) is 0 Å². The number of amides is 1. The highest BCUT2D eigenvalue weighted by Crippen LogP contribution is 2.30. The summed E-state index contributed by atoms with van der Waals surface area (Å²) in [7, 11) is 0. The lowest BCUT2D eigenvalue weighted by molar-refractivity contribution is -0.117. The Balaban J connectivity index is 1.70. The average Bonchev–Trinajstić information content (AvgIpc) is 3.13. The lowest BCUT2D eigenvalue weighted by Crippen LogP contribution is -2.35. The number of carbonyl (C=O) groups excluding carboxylic acids is 1. The van der Waals surface area contributed by atoms with E-state index in [4.69, 9.17) is 0 Å². The van der Waals surface area contributed by atoms with Gasteiger partial charge < -0.3 is 4.90 Å². The Morgan fingerprint density at radius 1 is 1.32 bits per heavy atom. The van der Waals surface area contributed by atoms with Crippen molar-refractivity contribution in [3.63, 3.8) is 0 Å². The van der Waals surface area contributed by atoms with Gasteiger partial charge >= 0.3 is 0 Å². The first-order valence-corrected chi connectivity index (χ1v) is 8.42. The molecule has 3 rings (SSSR count). The topological polar surface area (TPSA) is 61.9 Å². The van der Waals surface area contributed by atoms with Gasteiger partial charge in [-0.25, -0.2) is 4.98 Å². The number of rotatable bonds is 4. The number of aromatic amines is 1. The molecule has 1 aromatic heterocycles. The number of aromatic nitrogens is 3. The Hall–Kier alpha value is -1.82. The maximum atomic E-state index is 12.7. The molecule has 1 aromatic carbocycles. The number of carbonyl (C=O) groups is 1. The number of para-hydroxylation sites is 1. The van der Waals surface area contributed by atoms with Crippen LogP contribution < -0.4 is 4.90 Å². The van der Waals surface area contributed by atoms with Crippen molar-refractivity contribution in [2.75, 3.05) is 11.4 Å². The van der Waals surface area contributed by atoms with Gasteiger partial charge in [-0.2, -0.15) is 0 Å². The van der Waals surface area contributed by atoms with Crippen LogP contribution in [0.5, 0.6) is 0 Å². The number of nitrogens with one attached hydrogen (secondary N) is 1. The number of thioether (sulfide) groups is 1. The number of nitrogens with zero attached hydrogens (tertiary/aromatic N) is 3. The normalized spacial score (nSPS) is 15.2. The van der Waals surface area contributed by atoms with E-state index in [-0.39, 0.29) is 11.2 Å². The lowest BCUT2D eigenvalue weighted by atomic mass is 10.2. The first-order valence-electron chi connectivity index (χ1n) is 7.54. The van der Waals surface area contributed by atoms with E-state index >= 15 is 0 Å². The summed E-state index contributed by atoms with van der Waals surface area (Å²) in [5.41, 5.74) is 2.28. The van der Waals surface area contributed by atoms with E-state index in [2.05, 4.69) is 35.1 Å². The molecule has 2 aromatic rings. The smallest absolute Gasteiger partial charge is 0.240 e. The van der Waals surface area contributed by atoms with Crippen LogP contribution in [0.15, 0.2) is 29.4 Å². The van der Waals surface area contributed by atoms with Crippen LogP contribution >= 0.6 is 11.8 Å². The third-order valence-corrected chi connectivity index (χ3v) is 4.76. The van der Waals surface area contributed by atoms with Crippen molar-refractivity contribution in [2.45, 2.75) is 43.5 Å². The molecule has 6 heteroatoms. The van der Waals surface area contributed by atoms with Gasteiger partial charge in [0.2, 0.25) is 11.1 Å². The second-order valence-corrected chi connectivity index (χ2v) is 7.09. The van der Waals surface area contributed by atoms with Gasteiger partial charge in [0.05, 0.1) is 5.25 Å². The molecule has 0 radical (unpaired) electrons. The molecule has 1 unspecified atom stereocenters. The van der Waals surface area contributed by atoms with Crippen LogP contribution in [0, 0.1) is 0 Å². The molecule has 0 spiro atoms. The van der Waals surface area contributed by atoms with Gasteiger partial charge in [-0.3, -0.25) is 9.89 Å². The molecule has 1 atom stereocenters. The summed E-state index contributed by atoms with van der Waals surface area (Å²) in [5, 5.41) is 7.54. The fourth-order valence-electron chi connectivity index (χ4n) is 2.56. The zero-order chi connectivity index (χ0) is 15.7. The second-order valence-electron chi connectivity index (χ2n) is 5.79. The minimum Gasteiger partial charge on any atom is -0.311 e. The Kier molecular flexibility index (Phi) is 4.20. The highest BCUT2D eigenvalue weighted by atomic mass is 32.2. The summed E-state index contributed by atoms with van der Waals surface area (Å²) in [5.74, 6) is 1.28. The molecular formula is C16H20N4OS. The quantitative estimate of drug-likeness (QED) is 0.881. The van der Waals surface area contributed by atoms with Crippen molar-refractivity contribution in [1.29, 1.82) is 0 Å². The molecule has 0 bridgehead atoms. The van der Waals surface area contributed by atoms with Gasteiger partial charge in [-0.1, -0.05) is 43.8 Å². The predicted molar refractivity (Wildman–Crippen MR) is 88.3 cm³/mol. The van der Waals surface area contributed by atoms with Gasteiger partial charge in [-0.05, 0) is 25.0 Å². The van der Waals surface area contributed by atoms with E-state index in [0.717, 1.165) is 24.5 Å². The van der Waals surface area contributed by atoms with Crippen LogP contribution in [0.4, 0.5) is 5.69 Å². The van der Waals surface area contributed by atoms with E-state index in [1.807, 2.05) is 30.0 Å². The molecule has 1 aliphatic heterocycles. The molecule has 1 aliphatic rings. The molecule has 0 aliphatic carbocycles. The molecule has 1 amide bonds. The lowest BCUT2D eigenvalue weighted by Gasteiger charge is -2.20. The largest absolute Gasteiger partial charge is 0.311 e. The molecule has 116 valence electrons. The summed E-state index contributed by atoms with van der Waals surface area (Å²) >= 11 is 1.41. The van der Waals surface area contributed by atoms with E-state index in [9.17, 15) is 4.79 Å². The van der Waals surface area contributed by atoms with E-state index in [1.165, 1.54) is 17.3 Å². The first-order chi connectivity index (χ1) is 10.6. The van der Waals surface area contributed by atoms with Crippen molar-refractivity contribution in [1.82, 2.24) is 15.2 Å². The minimum atomic E-state index is -0.207. The Morgan fingerprint density at radius 2 is 2.09 bits per heavy atom. The van der Waals surface area contributed by atoms with E-state index < -0.39 is 0 Å². The van der Waals surface area contributed by atoms with E-state index in [0.29, 0.717) is 11.1 Å². The third-order valence-electron chi connectivity index (χ3n) is 3.81. The van der Waals surface area contributed by atoms with Crippen LogP contribution in [0.3, 0.4) is 0 Å². The first kappa shape index (κ1) is 15.1. The zero-order valence-corrected chi connectivity index (χ0v) is 13.9. The average molecular weight is 316 g/mol. The number of benzene rings is 1. The summed E-state index contributed by atoms with van der Waals surface area (Å²) in [6, 6.07) is 8.10. The molecule has 1 N–H and O–H groups in total. The van der Waals surface area contributed by atoms with Gasteiger partial charge in [0.1, 0.15) is 5.82 Å². The SMILES string of the molecule is CC(Sc1n[nH]c(C(C)C)n1)C(=O)N1CCc2ccccc21. The molecule has 5 nitrogen and oxygen atoms in total. The van der Waals surface area contributed by atoms with Crippen molar-refractivity contribution < 1.29 is 4.79 Å². The minimum absolute atomic E-state index is 0.117. The Bertz CT molecular complexity index is 682. The standard InChI is InChI=1S/C16H20N4OS/c1-10(2)14-17-16(19-18-14)22-11(3)15(21)20-9-8-12-6-4-5-7-13(12)20/h4-7,10-11H,8-9H2,1-3H3,(H,17,18,19). The van der Waals surface area contributed by atoms with Crippen LogP contribution in [0.2, 0.25) is 0 Å². The molecule has 22 heavy (non-hydrogen) atoms. The van der Waals surface area contributed by atoms with Gasteiger partial charge in [0, 0.05) is 18.2 Å². The van der Waals surface area contributed by atoms with Crippen LogP contribution in [-0.2, 0) is 11.2 Å². The molecule has 0 fully saturated rings. The summed E-state index contributed by atoms with van der Waals surface area (Å²) in [4.78, 5) is 19.0. The third kappa shape index (κ3) is 2.88. The van der Waals surface area contributed by atoms with Crippen LogP contribution in [-0.4, -0.2) is 32.9 Å². The maximum absolute atomic E-state index is 12.7. The Labute approximate surface area is 134 Å². The Morgan fingerprint density at radius 3 is 2.82 bits per heavy atom. The number of H-pyrrole nitrogens is 1. The monoisotopic (exact) mass is 316 g/mol. The molecule has 0 saturated heterocycles. The highest BCUT2D eigenvalue weighted by molar-refractivity contribution is 8.00. The fraction of sp³-hybridized carbons (Fsp3) is 0.438. The fourth-order valence-corrected chi connectivity index (χ4v) is 3.36. The van der Waals surface area contributed by atoms with Crippen molar-refractivity contribution in [2.24, 2.45) is 0 Å². The van der Waals surface area contributed by atoms with Gasteiger partial charge in [-0.15, -0.1) is 5.10 Å². The number of fused-ring (bicyclic) bond motifs is 1. The van der Waals surface area contributed by atoms with Gasteiger partial charge in [0.15, 0.2) is 0 Å². The van der Waals surface area contributed by atoms with Crippen molar-refractivity contribution >= 4 is 23.4 Å². The number of hydrogen-bond acceptors (Lipinski definition) is 4. The number of anilines is 1. The second kappa shape index (κ2) is 6.12. The highest BCUT2D eigenvalue weighted by Gasteiger charge is 2.28. The predicted octanol–water partition coefficient (Wildman–Crippen LogP) is 3.00. The molecule has 0 saturated carbocycles. The zero-order valence-electron chi connectivity index (χ0n) is 13.0. The molecule has 2 heterocycles. The summed E-state index contributed by atoms with van der Waals surface area (Å²) < 4.78 is 0. The maximum Gasteiger partial charge on any atom is 0.240 e. The van der Waals surface area contributed by atoms with E-state index in [1.54, 1.807) is 0 Å². The number of hydrogen-bond donors (Lipinski definition) is 1. The summed E-state index contributed by atoms with van der Waals surface area (Å²) in [6.45, 7) is 6.79. The molecular weight excluding hydrogens is 296 g/mol. The van der Waals surface area contributed by atoms with Crippen molar-refractivity contribution in [3.8, 4) is 0 Å². The summed E-state index contributed by atoms with van der Waals surface area (Å²) in [6.07, 6.45) is 0.928. The van der Waals surface area contributed by atoms with Crippen molar-refractivity contribution in [3.05, 3.63) is 35.7 Å². The van der Waals surface area contributed by atoms with Crippen LogP contribution in [0.1, 0.15) is 38.1 Å². The van der Waals surface area contributed by atoms with Gasteiger partial charge in [0.25, 0.3) is 0 Å².